The molecule has 14 heavy (non-hydrogen) atoms. The number of methoxy groups -OCH3 is 1. The molecule has 0 saturated carbocycles. The lowest BCUT2D eigenvalue weighted by Gasteiger charge is -2.16. The number of rotatable bonds is 1. The minimum absolute atomic E-state index is 0.419. The van der Waals surface area contributed by atoms with Crippen LogP contribution in [0.5, 0.6) is 5.75 Å². The molecule has 1 aliphatic rings. The van der Waals surface area contributed by atoms with Crippen LogP contribution in [-0.2, 0) is 10.4 Å². The molecule has 0 saturated heterocycles. The van der Waals surface area contributed by atoms with Crippen molar-refractivity contribution in [3.05, 3.63) is 23.8 Å². The highest BCUT2D eigenvalue weighted by atomic mass is 16.5. The molecule has 1 aromatic rings. The Kier molecular flexibility index (Phi) is 1.75. The topological polar surface area (TPSA) is 58.6 Å². The summed E-state index contributed by atoms with van der Waals surface area (Å²) in [4.78, 5) is 11.4. The van der Waals surface area contributed by atoms with Crippen molar-refractivity contribution in [2.75, 3.05) is 12.4 Å². The van der Waals surface area contributed by atoms with Crippen LogP contribution in [-0.4, -0.2) is 18.1 Å². The Hall–Kier alpha value is -1.55. The smallest absolute Gasteiger partial charge is 0.260 e. The maximum Gasteiger partial charge on any atom is 0.260 e. The van der Waals surface area contributed by atoms with E-state index in [1.54, 1.807) is 18.2 Å². The van der Waals surface area contributed by atoms with Gasteiger partial charge in [0.15, 0.2) is 5.60 Å². The molecular weight excluding hydrogens is 182 g/mol. The van der Waals surface area contributed by atoms with Crippen LogP contribution in [0.3, 0.4) is 0 Å². The predicted molar refractivity (Wildman–Crippen MR) is 51.2 cm³/mol. The summed E-state index contributed by atoms with van der Waals surface area (Å²) in [5, 5.41) is 12.5. The highest BCUT2D eigenvalue weighted by Gasteiger charge is 2.43. The Morgan fingerprint density at radius 3 is 2.86 bits per heavy atom. The van der Waals surface area contributed by atoms with Gasteiger partial charge in [0.25, 0.3) is 5.91 Å². The molecule has 2 N–H and O–H groups in total. The highest BCUT2D eigenvalue weighted by molar-refractivity contribution is 6.05. The number of carbonyl (C=O) groups is 1. The largest absolute Gasteiger partial charge is 0.496 e. The number of nitrogens with one attached hydrogen (secondary N) is 1. The van der Waals surface area contributed by atoms with E-state index in [4.69, 9.17) is 4.74 Å². The highest BCUT2D eigenvalue weighted by Crippen LogP contribution is 2.41. The quantitative estimate of drug-likeness (QED) is 0.695. The number of carbonyl (C=O) groups excluding carboxylic acids is 1. The molecule has 0 aliphatic carbocycles. The molecule has 0 bridgehead atoms. The van der Waals surface area contributed by atoms with Crippen molar-refractivity contribution in [1.82, 2.24) is 0 Å². The van der Waals surface area contributed by atoms with Gasteiger partial charge in [0.2, 0.25) is 0 Å². The third-order valence-corrected chi connectivity index (χ3v) is 2.42. The second-order valence-electron chi connectivity index (χ2n) is 3.41. The summed E-state index contributed by atoms with van der Waals surface area (Å²) in [5.74, 6) is 0.0999. The van der Waals surface area contributed by atoms with Crippen LogP contribution in [0, 0.1) is 0 Å². The Morgan fingerprint density at radius 1 is 1.50 bits per heavy atom. The van der Waals surface area contributed by atoms with E-state index in [0.29, 0.717) is 17.0 Å². The van der Waals surface area contributed by atoms with Crippen LogP contribution < -0.4 is 10.1 Å². The monoisotopic (exact) mass is 193 g/mol. The maximum atomic E-state index is 11.4. The molecule has 0 fully saturated rings. The molecule has 1 amide bonds. The van der Waals surface area contributed by atoms with Crippen molar-refractivity contribution in [1.29, 1.82) is 0 Å². The van der Waals surface area contributed by atoms with Gasteiger partial charge in [-0.15, -0.1) is 0 Å². The van der Waals surface area contributed by atoms with Crippen molar-refractivity contribution < 1.29 is 14.6 Å². The van der Waals surface area contributed by atoms with Crippen LogP contribution in [0.25, 0.3) is 0 Å². The molecule has 1 aliphatic heterocycles. The van der Waals surface area contributed by atoms with Crippen molar-refractivity contribution in [3.63, 3.8) is 0 Å². The van der Waals surface area contributed by atoms with E-state index in [9.17, 15) is 9.90 Å². The summed E-state index contributed by atoms with van der Waals surface area (Å²) in [6, 6.07) is 5.21. The van der Waals surface area contributed by atoms with Gasteiger partial charge in [-0.3, -0.25) is 4.79 Å². The van der Waals surface area contributed by atoms with E-state index < -0.39 is 11.5 Å². The van der Waals surface area contributed by atoms with E-state index in [2.05, 4.69) is 5.32 Å². The van der Waals surface area contributed by atoms with E-state index >= 15 is 0 Å². The normalized spacial score (nSPS) is 24.4. The molecule has 4 heteroatoms. The summed E-state index contributed by atoms with van der Waals surface area (Å²) in [6.45, 7) is 1.46. The number of fused-ring (bicyclic) bond motifs is 1. The molecule has 0 aromatic heterocycles. The van der Waals surface area contributed by atoms with E-state index in [0.717, 1.165) is 0 Å². The van der Waals surface area contributed by atoms with E-state index in [1.807, 2.05) is 0 Å². The second-order valence-corrected chi connectivity index (χ2v) is 3.41. The molecule has 74 valence electrons. The minimum Gasteiger partial charge on any atom is -0.496 e. The van der Waals surface area contributed by atoms with Crippen LogP contribution >= 0.6 is 0 Å². The third-order valence-electron chi connectivity index (χ3n) is 2.42. The summed E-state index contributed by atoms with van der Waals surface area (Å²) < 4.78 is 5.09. The van der Waals surface area contributed by atoms with Crippen LogP contribution in [0.4, 0.5) is 5.69 Å². The zero-order valence-electron chi connectivity index (χ0n) is 8.00. The lowest BCUT2D eigenvalue weighted by molar-refractivity contribution is -0.131. The number of hydrogen-bond acceptors (Lipinski definition) is 3. The van der Waals surface area contributed by atoms with E-state index in [-0.39, 0.29) is 0 Å². The van der Waals surface area contributed by atoms with Crippen LogP contribution in [0.1, 0.15) is 12.5 Å². The van der Waals surface area contributed by atoms with Crippen molar-refractivity contribution in [2.45, 2.75) is 12.5 Å². The lowest BCUT2D eigenvalue weighted by Crippen LogP contribution is -2.30. The fourth-order valence-electron chi connectivity index (χ4n) is 1.67. The first kappa shape index (κ1) is 9.02. The number of hydrogen-bond donors (Lipinski definition) is 2. The van der Waals surface area contributed by atoms with Crippen molar-refractivity contribution >= 4 is 11.6 Å². The van der Waals surface area contributed by atoms with Gasteiger partial charge in [-0.2, -0.15) is 0 Å². The van der Waals surface area contributed by atoms with Gasteiger partial charge < -0.3 is 15.2 Å². The molecule has 4 nitrogen and oxygen atoms in total. The standard InChI is InChI=1S/C10H11NO3/c1-10(13)8-6(11-9(10)12)4-3-5-7(8)14-2/h3-5,13H,1-2H3,(H,11,12). The first-order valence-corrected chi connectivity index (χ1v) is 4.28. The molecule has 1 atom stereocenters. The van der Waals surface area contributed by atoms with Gasteiger partial charge in [-0.05, 0) is 19.1 Å². The van der Waals surface area contributed by atoms with Crippen LogP contribution in [0.2, 0.25) is 0 Å². The molecule has 0 radical (unpaired) electrons. The Morgan fingerprint density at radius 2 is 2.21 bits per heavy atom. The number of amides is 1. The third kappa shape index (κ3) is 1.01. The SMILES string of the molecule is COc1cccc2c1C(C)(O)C(=O)N2. The zero-order chi connectivity index (χ0) is 10.3. The fraction of sp³-hybridized carbons (Fsp3) is 0.300. The van der Waals surface area contributed by atoms with Gasteiger partial charge in [0, 0.05) is 0 Å². The number of aliphatic hydroxyl groups is 1. The zero-order valence-corrected chi connectivity index (χ0v) is 8.00. The first-order valence-electron chi connectivity index (χ1n) is 4.28. The Balaban J connectivity index is 2.66. The molecule has 1 aromatic carbocycles. The summed E-state index contributed by atoms with van der Waals surface area (Å²) in [5.41, 5.74) is -0.381. The summed E-state index contributed by atoms with van der Waals surface area (Å²) in [6.07, 6.45) is 0. The molecule has 2 rings (SSSR count). The van der Waals surface area contributed by atoms with Crippen molar-refractivity contribution in [3.8, 4) is 5.75 Å². The number of benzene rings is 1. The molecule has 1 unspecified atom stereocenters. The van der Waals surface area contributed by atoms with Gasteiger partial charge in [-0.25, -0.2) is 0 Å². The molecular formula is C10H11NO3. The predicted octanol–water partition coefficient (Wildman–Crippen LogP) is 0.855. The minimum atomic E-state index is -1.50. The molecule has 1 heterocycles. The first-order chi connectivity index (χ1) is 6.57. The summed E-state index contributed by atoms with van der Waals surface area (Å²) in [7, 11) is 1.51. The number of ether oxygens (including phenoxy) is 1. The van der Waals surface area contributed by atoms with E-state index in [1.165, 1.54) is 14.0 Å². The van der Waals surface area contributed by atoms with Gasteiger partial charge in [0.1, 0.15) is 5.75 Å². The maximum absolute atomic E-state index is 11.4. The second kappa shape index (κ2) is 2.72. The fourth-order valence-corrected chi connectivity index (χ4v) is 1.67. The molecule has 0 spiro atoms. The average molecular weight is 193 g/mol. The van der Waals surface area contributed by atoms with Crippen molar-refractivity contribution in [2.24, 2.45) is 0 Å². The van der Waals surface area contributed by atoms with Gasteiger partial charge >= 0.3 is 0 Å². The lowest BCUT2D eigenvalue weighted by atomic mass is 9.97. The summed E-state index contributed by atoms with van der Waals surface area (Å²) >= 11 is 0. The number of anilines is 1. The van der Waals surface area contributed by atoms with Gasteiger partial charge in [-0.1, -0.05) is 6.07 Å². The Bertz CT molecular complexity index is 398. The Labute approximate surface area is 81.5 Å². The van der Waals surface area contributed by atoms with Gasteiger partial charge in [0.05, 0.1) is 18.4 Å². The van der Waals surface area contributed by atoms with Crippen LogP contribution in [0.15, 0.2) is 18.2 Å². The average Bonchev–Trinajstić information content (AvgIpc) is 2.38.